The summed E-state index contributed by atoms with van der Waals surface area (Å²) in [6, 6.07) is 0. The van der Waals surface area contributed by atoms with Crippen molar-refractivity contribution < 1.29 is 19.0 Å². The maximum Gasteiger partial charge on any atom is 0.407 e. The van der Waals surface area contributed by atoms with Gasteiger partial charge >= 0.3 is 6.09 Å². The van der Waals surface area contributed by atoms with Crippen LogP contribution < -0.4 is 16.0 Å². The van der Waals surface area contributed by atoms with Crippen LogP contribution in [0.1, 0.15) is 40.0 Å². The summed E-state index contributed by atoms with van der Waals surface area (Å²) in [5.41, 5.74) is -0.484. The van der Waals surface area contributed by atoms with Crippen molar-refractivity contribution in [1.82, 2.24) is 16.0 Å². The van der Waals surface area contributed by atoms with Crippen LogP contribution in [-0.2, 0) is 14.2 Å². The number of hydrogen-bond acceptors (Lipinski definition) is 5. The fourth-order valence-electron chi connectivity index (χ4n) is 2.42. The van der Waals surface area contributed by atoms with Crippen LogP contribution in [0.4, 0.5) is 4.79 Å². The van der Waals surface area contributed by atoms with Gasteiger partial charge in [0.25, 0.3) is 0 Å². The van der Waals surface area contributed by atoms with Crippen molar-refractivity contribution in [3.63, 3.8) is 0 Å². The third-order valence-corrected chi connectivity index (χ3v) is 3.76. The molecule has 0 radical (unpaired) electrons. The van der Waals surface area contributed by atoms with Crippen molar-refractivity contribution in [2.24, 2.45) is 10.9 Å². The second-order valence-electron chi connectivity index (χ2n) is 7.34. The fourth-order valence-corrected chi connectivity index (χ4v) is 2.42. The van der Waals surface area contributed by atoms with E-state index in [1.54, 1.807) is 7.05 Å². The fraction of sp³-hybridized carbons (Fsp3) is 0.889. The summed E-state index contributed by atoms with van der Waals surface area (Å²) in [6.07, 6.45) is 2.71. The molecule has 1 fully saturated rings. The molecule has 27 heavy (non-hydrogen) atoms. The summed E-state index contributed by atoms with van der Waals surface area (Å²) in [5.74, 6) is 1.35. The van der Waals surface area contributed by atoms with Gasteiger partial charge in [-0.1, -0.05) is 0 Å². The van der Waals surface area contributed by atoms with E-state index in [1.165, 1.54) is 0 Å². The maximum atomic E-state index is 11.5. The minimum Gasteiger partial charge on any atom is -0.444 e. The van der Waals surface area contributed by atoms with Crippen LogP contribution >= 0.6 is 24.0 Å². The molecule has 1 aliphatic heterocycles. The maximum absolute atomic E-state index is 11.5. The molecular formula is C18H37IN4O4. The minimum atomic E-state index is -0.484. The van der Waals surface area contributed by atoms with Crippen LogP contribution in [0.5, 0.6) is 0 Å². The Kier molecular flexibility index (Phi) is 14.7. The van der Waals surface area contributed by atoms with Crippen LogP contribution in [0.2, 0.25) is 0 Å². The molecule has 0 saturated carbocycles. The minimum absolute atomic E-state index is 0. The highest BCUT2D eigenvalue weighted by molar-refractivity contribution is 14.0. The number of nitrogens with zero attached hydrogens (tertiary/aromatic N) is 1. The first kappa shape index (κ1) is 26.2. The summed E-state index contributed by atoms with van der Waals surface area (Å²) in [4.78, 5) is 15.7. The average Bonchev–Trinajstić information content (AvgIpc) is 2.59. The summed E-state index contributed by atoms with van der Waals surface area (Å²) < 4.78 is 16.3. The summed E-state index contributed by atoms with van der Waals surface area (Å²) >= 11 is 0. The normalized spacial score (nSPS) is 15.6. The lowest BCUT2D eigenvalue weighted by molar-refractivity contribution is 0.0203. The van der Waals surface area contributed by atoms with Crippen LogP contribution in [0.15, 0.2) is 4.99 Å². The summed E-state index contributed by atoms with van der Waals surface area (Å²) in [6.45, 7) is 10.6. The quantitative estimate of drug-likeness (QED) is 0.195. The van der Waals surface area contributed by atoms with E-state index in [4.69, 9.17) is 14.2 Å². The highest BCUT2D eigenvalue weighted by atomic mass is 127. The Balaban J connectivity index is 0.00000676. The van der Waals surface area contributed by atoms with Gasteiger partial charge in [0, 0.05) is 53.1 Å². The number of hydrogen-bond donors (Lipinski definition) is 3. The first-order chi connectivity index (χ1) is 12.4. The molecule has 160 valence electrons. The van der Waals surface area contributed by atoms with E-state index >= 15 is 0 Å². The van der Waals surface area contributed by atoms with Gasteiger partial charge < -0.3 is 30.2 Å². The van der Waals surface area contributed by atoms with Crippen LogP contribution in [0, 0.1) is 5.92 Å². The van der Waals surface area contributed by atoms with Crippen molar-refractivity contribution in [3.8, 4) is 0 Å². The monoisotopic (exact) mass is 500 g/mol. The molecule has 0 atom stereocenters. The van der Waals surface area contributed by atoms with Gasteiger partial charge in [-0.2, -0.15) is 0 Å². The topological polar surface area (TPSA) is 93.2 Å². The molecule has 1 saturated heterocycles. The number of guanidine groups is 1. The van der Waals surface area contributed by atoms with Gasteiger partial charge in [-0.3, -0.25) is 4.99 Å². The van der Waals surface area contributed by atoms with E-state index in [1.807, 2.05) is 20.8 Å². The van der Waals surface area contributed by atoms with Crippen molar-refractivity contribution in [2.75, 3.05) is 53.1 Å². The number of ether oxygens (including phenoxy) is 3. The number of carbonyl (C=O) groups excluding carboxylic acids is 1. The third kappa shape index (κ3) is 14.9. The lowest BCUT2D eigenvalue weighted by atomic mass is 10.0. The number of nitrogens with one attached hydrogen (secondary N) is 3. The number of carbonyl (C=O) groups is 1. The molecule has 0 aromatic rings. The number of halogens is 1. The zero-order valence-electron chi connectivity index (χ0n) is 17.1. The molecule has 3 N–H and O–H groups in total. The van der Waals surface area contributed by atoms with Crippen LogP contribution in [0.25, 0.3) is 0 Å². The van der Waals surface area contributed by atoms with E-state index in [9.17, 15) is 4.79 Å². The zero-order valence-corrected chi connectivity index (χ0v) is 19.5. The van der Waals surface area contributed by atoms with Gasteiger partial charge in [0.15, 0.2) is 5.96 Å². The van der Waals surface area contributed by atoms with Gasteiger partial charge in [-0.25, -0.2) is 4.79 Å². The Morgan fingerprint density at radius 2 is 1.74 bits per heavy atom. The molecule has 8 nitrogen and oxygen atoms in total. The lowest BCUT2D eigenvalue weighted by Crippen LogP contribution is -2.42. The van der Waals surface area contributed by atoms with Gasteiger partial charge in [-0.05, 0) is 46.0 Å². The molecule has 1 rings (SSSR count). The summed E-state index contributed by atoms with van der Waals surface area (Å²) in [5, 5.41) is 9.07. The van der Waals surface area contributed by atoms with Crippen LogP contribution in [-0.4, -0.2) is 70.8 Å². The van der Waals surface area contributed by atoms with Crippen molar-refractivity contribution >= 4 is 36.0 Å². The molecule has 0 unspecified atom stereocenters. The van der Waals surface area contributed by atoms with Gasteiger partial charge in [0.2, 0.25) is 0 Å². The standard InChI is InChI=1S/C18H36N4O4.HI/c1-18(2,3)26-17(23)22-10-9-21-16(19-4)20-8-5-11-25-14-15-6-12-24-13-7-15;/h15H,5-14H2,1-4H3,(H,22,23)(H2,19,20,21);1H. The lowest BCUT2D eigenvalue weighted by Gasteiger charge is -2.21. The highest BCUT2D eigenvalue weighted by Gasteiger charge is 2.15. The van der Waals surface area contributed by atoms with E-state index in [-0.39, 0.29) is 24.0 Å². The number of amides is 1. The Hall–Kier alpha value is -0.810. The number of rotatable bonds is 9. The molecule has 0 aliphatic carbocycles. The van der Waals surface area contributed by atoms with Crippen molar-refractivity contribution in [2.45, 2.75) is 45.6 Å². The molecule has 1 aliphatic rings. The van der Waals surface area contributed by atoms with Gasteiger partial charge in [-0.15, -0.1) is 24.0 Å². The van der Waals surface area contributed by atoms with E-state index in [2.05, 4.69) is 20.9 Å². The van der Waals surface area contributed by atoms with Crippen molar-refractivity contribution in [1.29, 1.82) is 0 Å². The molecule has 0 aromatic heterocycles. The molecular weight excluding hydrogens is 463 g/mol. The molecule has 1 amide bonds. The molecule has 1 heterocycles. The SMILES string of the molecule is CN=C(NCCCOCC1CCOCC1)NCCNC(=O)OC(C)(C)C.I. The predicted molar refractivity (Wildman–Crippen MR) is 118 cm³/mol. The van der Waals surface area contributed by atoms with Gasteiger partial charge in [0.05, 0.1) is 0 Å². The van der Waals surface area contributed by atoms with E-state index < -0.39 is 11.7 Å². The number of aliphatic imine (C=N–C) groups is 1. The van der Waals surface area contributed by atoms with Crippen molar-refractivity contribution in [3.05, 3.63) is 0 Å². The first-order valence-electron chi connectivity index (χ1n) is 9.47. The van der Waals surface area contributed by atoms with Gasteiger partial charge in [0.1, 0.15) is 5.60 Å². The third-order valence-electron chi connectivity index (χ3n) is 3.76. The zero-order chi connectivity index (χ0) is 19.3. The second-order valence-corrected chi connectivity index (χ2v) is 7.34. The van der Waals surface area contributed by atoms with Crippen LogP contribution in [0.3, 0.4) is 0 Å². The smallest absolute Gasteiger partial charge is 0.407 e. The largest absolute Gasteiger partial charge is 0.444 e. The number of alkyl carbamates (subject to hydrolysis) is 1. The summed E-state index contributed by atoms with van der Waals surface area (Å²) in [7, 11) is 1.72. The molecule has 0 spiro atoms. The Morgan fingerprint density at radius 3 is 2.37 bits per heavy atom. The molecule has 0 aromatic carbocycles. The average molecular weight is 500 g/mol. The Bertz CT molecular complexity index is 424. The molecule has 9 heteroatoms. The Labute approximate surface area is 180 Å². The second kappa shape index (κ2) is 15.2. The van der Waals surface area contributed by atoms with E-state index in [0.29, 0.717) is 25.0 Å². The predicted octanol–water partition coefficient (Wildman–Crippen LogP) is 2.13. The molecule has 0 bridgehead atoms. The van der Waals surface area contributed by atoms with E-state index in [0.717, 1.165) is 52.2 Å². The Morgan fingerprint density at radius 1 is 1.11 bits per heavy atom. The first-order valence-corrected chi connectivity index (χ1v) is 9.47. The highest BCUT2D eigenvalue weighted by Crippen LogP contribution is 2.14.